The van der Waals surface area contributed by atoms with Crippen LogP contribution < -0.4 is 20.1 Å². The van der Waals surface area contributed by atoms with Crippen molar-refractivity contribution >= 4 is 26.2 Å². The van der Waals surface area contributed by atoms with Crippen molar-refractivity contribution in [2.24, 2.45) is 5.41 Å². The fraction of sp³-hybridized carbons (Fsp3) is 0.531. The van der Waals surface area contributed by atoms with Gasteiger partial charge in [0.05, 0.1) is 0 Å². The normalized spacial score (nSPS) is 22.7. The van der Waals surface area contributed by atoms with Crippen LogP contribution >= 0.6 is 0 Å². The molecule has 250 valence electrons. The first-order chi connectivity index (χ1) is 21.4. The van der Waals surface area contributed by atoms with Gasteiger partial charge in [-0.2, -0.15) is 0 Å². The molecule has 0 aliphatic carbocycles. The number of imide groups is 2. The number of rotatable bonds is 9. The van der Waals surface area contributed by atoms with E-state index < -0.39 is 38.1 Å². The van der Waals surface area contributed by atoms with Crippen molar-refractivity contribution in [2.45, 2.75) is 63.6 Å². The first kappa shape index (κ1) is 33.9. The van der Waals surface area contributed by atoms with Crippen LogP contribution in [0.2, 0.25) is 18.1 Å². The molecule has 46 heavy (non-hydrogen) atoms. The highest BCUT2D eigenvalue weighted by molar-refractivity contribution is 6.74. The van der Waals surface area contributed by atoms with Crippen LogP contribution in [0.5, 0.6) is 17.2 Å². The number of nitrogens with one attached hydrogen (secondary N) is 2. The number of urea groups is 1. The minimum absolute atomic E-state index is 0.114. The summed E-state index contributed by atoms with van der Waals surface area (Å²) in [4.78, 5) is 43.6. The molecule has 4 amide bonds. The number of halogens is 3. The molecule has 3 aliphatic heterocycles. The number of carbonyl (C=O) groups excluding carboxylic acids is 3. The number of carbonyl (C=O) groups is 3. The third-order valence-corrected chi connectivity index (χ3v) is 14.3. The zero-order valence-electron chi connectivity index (χ0n) is 26.8. The Morgan fingerprint density at radius 2 is 1.37 bits per heavy atom. The maximum absolute atomic E-state index is 13.6. The number of nitrogens with zero attached hydrogens (tertiary/aromatic N) is 2. The second-order valence-corrected chi connectivity index (χ2v) is 18.7. The van der Waals surface area contributed by atoms with Crippen LogP contribution in [-0.2, 0) is 19.6 Å². The summed E-state index contributed by atoms with van der Waals surface area (Å²) < 4.78 is 53.5. The molecule has 0 radical (unpaired) electrons. The van der Waals surface area contributed by atoms with E-state index in [0.29, 0.717) is 31.0 Å². The molecule has 14 heteroatoms. The molecule has 3 fully saturated rings. The molecule has 1 spiro atoms. The maximum atomic E-state index is 13.6. The Labute approximate surface area is 267 Å². The molecule has 3 aliphatic rings. The topological polar surface area (TPSA) is 109 Å². The van der Waals surface area contributed by atoms with E-state index in [1.807, 2.05) is 4.90 Å². The van der Waals surface area contributed by atoms with Crippen molar-refractivity contribution in [1.29, 1.82) is 0 Å². The van der Waals surface area contributed by atoms with Crippen molar-refractivity contribution in [3.63, 3.8) is 0 Å². The first-order valence-electron chi connectivity index (χ1n) is 15.4. The lowest BCUT2D eigenvalue weighted by molar-refractivity contribution is -0.274. The van der Waals surface area contributed by atoms with Crippen molar-refractivity contribution < 1.29 is 41.5 Å². The van der Waals surface area contributed by atoms with Gasteiger partial charge in [0.25, 0.3) is 11.8 Å². The van der Waals surface area contributed by atoms with Crippen LogP contribution in [-0.4, -0.2) is 81.7 Å². The van der Waals surface area contributed by atoms with Gasteiger partial charge in [0.1, 0.15) is 17.2 Å². The number of ether oxygens (including phenoxy) is 2. The van der Waals surface area contributed by atoms with E-state index in [-0.39, 0.29) is 22.0 Å². The molecular formula is C32H41F3N4O6Si. The van der Waals surface area contributed by atoms with Crippen molar-refractivity contribution in [1.82, 2.24) is 20.4 Å². The molecule has 0 aromatic heterocycles. The van der Waals surface area contributed by atoms with Crippen LogP contribution in [0.15, 0.2) is 48.5 Å². The average Bonchev–Trinajstić information content (AvgIpc) is 3.55. The van der Waals surface area contributed by atoms with Crippen LogP contribution in [0.4, 0.5) is 18.0 Å². The lowest BCUT2D eigenvalue weighted by Gasteiger charge is -2.42. The minimum atomic E-state index is -4.80. The Kier molecular flexibility index (Phi) is 9.05. The van der Waals surface area contributed by atoms with Crippen LogP contribution in [0, 0.1) is 5.41 Å². The largest absolute Gasteiger partial charge is 0.573 e. The average molecular weight is 663 g/mol. The Bertz CT molecular complexity index is 1440. The third kappa shape index (κ3) is 6.94. The Morgan fingerprint density at radius 1 is 0.826 bits per heavy atom. The van der Waals surface area contributed by atoms with Gasteiger partial charge in [0, 0.05) is 32.8 Å². The highest BCUT2D eigenvalue weighted by atomic mass is 28.4. The molecule has 1 atom stereocenters. The number of hydrogen-bond acceptors (Lipinski definition) is 8. The van der Waals surface area contributed by atoms with E-state index in [1.165, 1.54) is 12.1 Å². The van der Waals surface area contributed by atoms with Gasteiger partial charge in [-0.3, -0.25) is 25.1 Å². The van der Waals surface area contributed by atoms with Gasteiger partial charge >= 0.3 is 12.4 Å². The van der Waals surface area contributed by atoms with E-state index in [4.69, 9.17) is 9.16 Å². The summed E-state index contributed by atoms with van der Waals surface area (Å²) >= 11 is 0. The second kappa shape index (κ2) is 12.3. The minimum Gasteiger partial charge on any atom is -0.457 e. The Balaban J connectivity index is 1.30. The number of likely N-dealkylation sites (tertiary alicyclic amines) is 2. The molecule has 0 bridgehead atoms. The molecule has 2 aromatic rings. The zero-order chi connectivity index (χ0) is 33.5. The summed E-state index contributed by atoms with van der Waals surface area (Å²) in [5, 5.41) is 4.72. The number of barbiturate groups is 1. The summed E-state index contributed by atoms with van der Waals surface area (Å²) in [7, 11) is -1.86. The van der Waals surface area contributed by atoms with Gasteiger partial charge in [-0.1, -0.05) is 32.9 Å². The highest BCUT2D eigenvalue weighted by Crippen LogP contribution is 2.45. The van der Waals surface area contributed by atoms with Gasteiger partial charge in [-0.05, 0) is 84.9 Å². The molecular weight excluding hydrogens is 621 g/mol. The molecule has 1 unspecified atom stereocenters. The lowest BCUT2D eigenvalue weighted by atomic mass is 9.83. The molecule has 5 rings (SSSR count). The molecule has 2 aromatic carbocycles. The summed E-state index contributed by atoms with van der Waals surface area (Å²) in [6.45, 7) is 15.3. The summed E-state index contributed by atoms with van der Waals surface area (Å²) in [6, 6.07) is 10.4. The first-order valence-corrected chi connectivity index (χ1v) is 18.3. The molecule has 10 nitrogen and oxygen atoms in total. The summed E-state index contributed by atoms with van der Waals surface area (Å²) in [5.74, 6) is -1.22. The Morgan fingerprint density at radius 3 is 1.93 bits per heavy atom. The van der Waals surface area contributed by atoms with Crippen molar-refractivity contribution in [3.05, 3.63) is 54.1 Å². The predicted octanol–water partition coefficient (Wildman–Crippen LogP) is 5.36. The monoisotopic (exact) mass is 662 g/mol. The molecule has 3 saturated heterocycles. The molecule has 0 saturated carbocycles. The number of amides is 4. The third-order valence-electron chi connectivity index (χ3n) is 9.78. The van der Waals surface area contributed by atoms with Gasteiger partial charge in [-0.15, -0.1) is 13.2 Å². The van der Waals surface area contributed by atoms with Gasteiger partial charge in [0.2, 0.25) is 5.54 Å². The molecule has 2 N–H and O–H groups in total. The van der Waals surface area contributed by atoms with E-state index in [2.05, 4.69) is 54.1 Å². The van der Waals surface area contributed by atoms with Crippen molar-refractivity contribution in [3.8, 4) is 17.2 Å². The zero-order valence-corrected chi connectivity index (χ0v) is 27.8. The van der Waals surface area contributed by atoms with Crippen LogP contribution in [0.3, 0.4) is 0 Å². The van der Waals surface area contributed by atoms with E-state index in [1.54, 1.807) is 24.3 Å². The number of benzene rings is 2. The quantitative estimate of drug-likeness (QED) is 0.273. The van der Waals surface area contributed by atoms with Gasteiger partial charge in [0.15, 0.2) is 8.32 Å². The van der Waals surface area contributed by atoms with Gasteiger partial charge < -0.3 is 18.8 Å². The maximum Gasteiger partial charge on any atom is 0.573 e. The predicted molar refractivity (Wildman–Crippen MR) is 166 cm³/mol. The van der Waals surface area contributed by atoms with E-state index >= 15 is 0 Å². The van der Waals surface area contributed by atoms with Crippen LogP contribution in [0.25, 0.3) is 0 Å². The van der Waals surface area contributed by atoms with Crippen molar-refractivity contribution in [2.75, 3.05) is 39.3 Å². The van der Waals surface area contributed by atoms with Gasteiger partial charge in [-0.25, -0.2) is 4.79 Å². The second-order valence-electron chi connectivity index (χ2n) is 13.9. The van der Waals surface area contributed by atoms with E-state index in [9.17, 15) is 27.6 Å². The number of hydrogen-bond donors (Lipinski definition) is 2. The van der Waals surface area contributed by atoms with E-state index in [0.717, 1.165) is 44.6 Å². The molecule has 3 heterocycles. The SMILES string of the molecule is CC(C)(C)[Si](C)(C)OCCN1CCC2(CCN(C3(c4ccc(Oc5ccc(OC(F)(F)F)cc5)cc4)C(=O)NC(=O)NC3=O)C2)C1. The standard InChI is InChI=1S/C32H41F3N4O6Si/c1-29(2,3)46(4,5)43-19-18-38-16-14-30(20-38)15-17-39(21-30)31(26(40)36-28(42)37-27(31)41)22-6-8-23(9-7-22)44-24-10-12-25(13-11-24)45-32(33,34)35/h6-13H,14-21H2,1-5H3,(H2,36,37,40,41,42). The fourth-order valence-corrected chi connectivity index (χ4v) is 7.32. The summed E-state index contributed by atoms with van der Waals surface area (Å²) in [5.41, 5.74) is -1.52. The fourth-order valence-electron chi connectivity index (χ4n) is 6.28. The van der Waals surface area contributed by atoms with Crippen LogP contribution in [0.1, 0.15) is 39.2 Å². The number of alkyl halides is 3. The smallest absolute Gasteiger partial charge is 0.457 e. The lowest BCUT2D eigenvalue weighted by Crippen LogP contribution is -2.70. The Hall–Kier alpha value is -3.46. The highest BCUT2D eigenvalue weighted by Gasteiger charge is 2.60. The summed E-state index contributed by atoms with van der Waals surface area (Å²) in [6.07, 6.45) is -3.10.